The molecular formula is C19H27N3O6S. The lowest BCUT2D eigenvalue weighted by atomic mass is 10.1. The lowest BCUT2D eigenvalue weighted by Gasteiger charge is -2.32. The van der Waals surface area contributed by atoms with Gasteiger partial charge in [-0.25, -0.2) is 18.0 Å². The van der Waals surface area contributed by atoms with Gasteiger partial charge in [-0.3, -0.25) is 4.90 Å². The first kappa shape index (κ1) is 21.4. The van der Waals surface area contributed by atoms with Crippen molar-refractivity contribution in [2.24, 2.45) is 0 Å². The van der Waals surface area contributed by atoms with Gasteiger partial charge in [-0.1, -0.05) is 0 Å². The fourth-order valence-electron chi connectivity index (χ4n) is 3.42. The molecule has 2 saturated heterocycles. The number of ether oxygens (including phenoxy) is 2. The summed E-state index contributed by atoms with van der Waals surface area (Å²) in [5, 5.41) is 2.79. The fraction of sp³-hybridized carbons (Fsp3) is 0.579. The molecule has 29 heavy (non-hydrogen) atoms. The zero-order valence-corrected chi connectivity index (χ0v) is 17.5. The van der Waals surface area contributed by atoms with Gasteiger partial charge in [-0.2, -0.15) is 0 Å². The van der Waals surface area contributed by atoms with E-state index in [1.165, 1.54) is 17.0 Å². The van der Waals surface area contributed by atoms with E-state index < -0.39 is 22.0 Å². The van der Waals surface area contributed by atoms with Crippen LogP contribution in [0.3, 0.4) is 0 Å². The summed E-state index contributed by atoms with van der Waals surface area (Å²) in [6, 6.07) is 6.10. The molecule has 0 bridgehead atoms. The van der Waals surface area contributed by atoms with Crippen molar-refractivity contribution in [1.82, 2.24) is 10.2 Å². The molecule has 2 aliphatic rings. The number of anilines is 1. The minimum absolute atomic E-state index is 0.0301. The van der Waals surface area contributed by atoms with E-state index in [4.69, 9.17) is 9.47 Å². The molecule has 1 unspecified atom stereocenters. The van der Waals surface area contributed by atoms with Crippen LogP contribution in [0.4, 0.5) is 15.3 Å². The Morgan fingerprint density at radius 1 is 1.24 bits per heavy atom. The Bertz CT molecular complexity index is 834. The van der Waals surface area contributed by atoms with Gasteiger partial charge in [0.2, 0.25) is 0 Å². The number of nitrogens with zero attached hydrogens (tertiary/aromatic N) is 2. The third-order valence-electron chi connectivity index (χ3n) is 5.03. The number of benzene rings is 1. The lowest BCUT2D eigenvalue weighted by Crippen LogP contribution is -2.46. The smallest absolute Gasteiger partial charge is 0.414 e. The van der Waals surface area contributed by atoms with Crippen molar-refractivity contribution < 1.29 is 27.5 Å². The van der Waals surface area contributed by atoms with Gasteiger partial charge in [0.05, 0.1) is 24.2 Å². The van der Waals surface area contributed by atoms with Crippen LogP contribution >= 0.6 is 0 Å². The van der Waals surface area contributed by atoms with E-state index in [2.05, 4.69) is 5.32 Å². The van der Waals surface area contributed by atoms with Crippen LogP contribution < -0.4 is 10.2 Å². The number of hydrogen-bond donors (Lipinski definition) is 1. The van der Waals surface area contributed by atoms with Crippen molar-refractivity contribution in [3.8, 4) is 0 Å². The quantitative estimate of drug-likeness (QED) is 0.743. The van der Waals surface area contributed by atoms with Crippen LogP contribution in [0, 0.1) is 0 Å². The predicted molar refractivity (Wildman–Crippen MR) is 107 cm³/mol. The number of carbonyl (C=O) groups excluding carboxylic acids is 2. The monoisotopic (exact) mass is 425 g/mol. The molecule has 1 N–H and O–H groups in total. The number of piperidine rings is 1. The van der Waals surface area contributed by atoms with E-state index in [0.29, 0.717) is 31.9 Å². The Morgan fingerprint density at radius 3 is 2.48 bits per heavy atom. The molecule has 2 heterocycles. The summed E-state index contributed by atoms with van der Waals surface area (Å²) in [6.45, 7) is 4.40. The largest absolute Gasteiger partial charge is 0.441 e. The summed E-state index contributed by atoms with van der Waals surface area (Å²) in [5.41, 5.74) is 0.583. The average Bonchev–Trinajstić information content (AvgIpc) is 3.07. The van der Waals surface area contributed by atoms with E-state index >= 15 is 0 Å². The highest BCUT2D eigenvalue weighted by atomic mass is 32.2. The molecule has 160 valence electrons. The van der Waals surface area contributed by atoms with E-state index in [-0.39, 0.29) is 23.6 Å². The van der Waals surface area contributed by atoms with Crippen molar-refractivity contribution in [2.75, 3.05) is 43.9 Å². The number of rotatable bonds is 6. The van der Waals surface area contributed by atoms with Gasteiger partial charge in [0, 0.05) is 31.6 Å². The topological polar surface area (TPSA) is 105 Å². The van der Waals surface area contributed by atoms with Gasteiger partial charge < -0.3 is 19.7 Å². The number of amides is 3. The first-order valence-corrected chi connectivity index (χ1v) is 11.6. The summed E-state index contributed by atoms with van der Waals surface area (Å²) in [5.74, 6) is 0. The number of urea groups is 1. The van der Waals surface area contributed by atoms with Crippen LogP contribution in [0.25, 0.3) is 0 Å². The third-order valence-corrected chi connectivity index (χ3v) is 6.15. The van der Waals surface area contributed by atoms with Crippen LogP contribution in [0.1, 0.15) is 19.8 Å². The first-order chi connectivity index (χ1) is 13.8. The minimum atomic E-state index is -3.28. The standard InChI is InChI=1S/C19H27N3O6S/c1-3-20-18(23)21-10-8-15(9-11-21)27-13-16-12-22(19(24)28-16)14-4-6-17(7-5-14)29(2,25)26/h4-7,15-16H,3,8-13H2,1-2H3,(H,20,23). The molecule has 0 spiro atoms. The molecule has 9 nitrogen and oxygen atoms in total. The molecule has 0 radical (unpaired) electrons. The Kier molecular flexibility index (Phi) is 6.63. The number of nitrogens with one attached hydrogen (secondary N) is 1. The summed E-state index contributed by atoms with van der Waals surface area (Å²) in [4.78, 5) is 27.5. The van der Waals surface area contributed by atoms with Crippen LogP contribution in [-0.4, -0.2) is 76.7 Å². The second kappa shape index (κ2) is 9.00. The lowest BCUT2D eigenvalue weighted by molar-refractivity contribution is -0.0228. The van der Waals surface area contributed by atoms with E-state index in [1.54, 1.807) is 17.0 Å². The van der Waals surface area contributed by atoms with Crippen molar-refractivity contribution in [1.29, 1.82) is 0 Å². The fourth-order valence-corrected chi connectivity index (χ4v) is 4.05. The maximum absolute atomic E-state index is 12.2. The third kappa shape index (κ3) is 5.39. The van der Waals surface area contributed by atoms with E-state index in [0.717, 1.165) is 19.1 Å². The van der Waals surface area contributed by atoms with Crippen molar-refractivity contribution >= 4 is 27.6 Å². The zero-order valence-electron chi connectivity index (χ0n) is 16.7. The van der Waals surface area contributed by atoms with Gasteiger partial charge in [0.25, 0.3) is 0 Å². The zero-order chi connectivity index (χ0) is 21.0. The summed E-state index contributed by atoms with van der Waals surface area (Å²) < 4.78 is 34.4. The molecular weight excluding hydrogens is 398 g/mol. The molecule has 1 aromatic rings. The normalized spacial score (nSPS) is 20.6. The first-order valence-electron chi connectivity index (χ1n) is 9.70. The van der Waals surface area contributed by atoms with Crippen LogP contribution in [0.2, 0.25) is 0 Å². The van der Waals surface area contributed by atoms with Gasteiger partial charge in [-0.15, -0.1) is 0 Å². The number of carbonyl (C=O) groups is 2. The summed E-state index contributed by atoms with van der Waals surface area (Å²) >= 11 is 0. The number of likely N-dealkylation sites (tertiary alicyclic amines) is 1. The summed E-state index contributed by atoms with van der Waals surface area (Å²) in [6.07, 6.45) is 1.79. The molecule has 10 heteroatoms. The molecule has 3 rings (SSSR count). The molecule has 2 aliphatic heterocycles. The maximum atomic E-state index is 12.2. The van der Waals surface area contributed by atoms with Gasteiger partial charge in [-0.05, 0) is 44.0 Å². The highest BCUT2D eigenvalue weighted by Gasteiger charge is 2.33. The Balaban J connectivity index is 1.47. The highest BCUT2D eigenvalue weighted by Crippen LogP contribution is 2.24. The maximum Gasteiger partial charge on any atom is 0.414 e. The molecule has 0 aliphatic carbocycles. The van der Waals surface area contributed by atoms with Crippen LogP contribution in [-0.2, 0) is 19.3 Å². The molecule has 0 saturated carbocycles. The number of hydrogen-bond acceptors (Lipinski definition) is 6. The SMILES string of the molecule is CCNC(=O)N1CCC(OCC2CN(c3ccc(S(C)(=O)=O)cc3)C(=O)O2)CC1. The van der Waals surface area contributed by atoms with Crippen molar-refractivity contribution in [2.45, 2.75) is 36.9 Å². The molecule has 0 aromatic heterocycles. The predicted octanol–water partition coefficient (Wildman–Crippen LogP) is 1.63. The number of cyclic esters (lactones) is 1. The van der Waals surface area contributed by atoms with Crippen molar-refractivity contribution in [3.05, 3.63) is 24.3 Å². The molecule has 3 amide bonds. The van der Waals surface area contributed by atoms with E-state index in [9.17, 15) is 18.0 Å². The second-order valence-corrected chi connectivity index (χ2v) is 9.25. The van der Waals surface area contributed by atoms with Gasteiger partial charge in [0.1, 0.15) is 6.10 Å². The van der Waals surface area contributed by atoms with Gasteiger partial charge >= 0.3 is 12.1 Å². The number of sulfone groups is 1. The van der Waals surface area contributed by atoms with Crippen LogP contribution in [0.15, 0.2) is 29.2 Å². The minimum Gasteiger partial charge on any atom is -0.441 e. The van der Waals surface area contributed by atoms with E-state index in [1.807, 2.05) is 6.92 Å². The Morgan fingerprint density at radius 2 is 1.90 bits per heavy atom. The second-order valence-electron chi connectivity index (χ2n) is 7.24. The molecule has 2 fully saturated rings. The summed E-state index contributed by atoms with van der Waals surface area (Å²) in [7, 11) is -3.28. The Hall–Kier alpha value is -2.33. The van der Waals surface area contributed by atoms with Crippen LogP contribution in [0.5, 0.6) is 0 Å². The highest BCUT2D eigenvalue weighted by molar-refractivity contribution is 7.90. The van der Waals surface area contributed by atoms with Crippen molar-refractivity contribution in [3.63, 3.8) is 0 Å². The molecule has 1 aromatic carbocycles. The Labute approximate surface area is 170 Å². The van der Waals surface area contributed by atoms with Gasteiger partial charge in [0.15, 0.2) is 9.84 Å². The molecule has 1 atom stereocenters. The average molecular weight is 426 g/mol.